The standard InChI is InChI=1S/C30H28O6/c1-5-33-29(31)23-17-25(35-19(23)3)27(21-13-9-7-10-14-21)28(22-15-11-8-12-16-22)26-18-24(20(4)36-26)30(32)34-6-2/h7-18H,5-6H2,1-4H3. The lowest BCUT2D eigenvalue weighted by atomic mass is 9.91. The first kappa shape index (κ1) is 24.8. The van der Waals surface area contributed by atoms with Gasteiger partial charge in [-0.15, -0.1) is 0 Å². The number of benzene rings is 2. The summed E-state index contributed by atoms with van der Waals surface area (Å²) in [4.78, 5) is 25.1. The van der Waals surface area contributed by atoms with Crippen LogP contribution in [0.25, 0.3) is 11.1 Å². The maximum atomic E-state index is 12.6. The van der Waals surface area contributed by atoms with Crippen LogP contribution in [0.1, 0.15) is 68.7 Å². The molecule has 0 bridgehead atoms. The third kappa shape index (κ3) is 5.03. The molecule has 0 N–H and O–H groups in total. The lowest BCUT2D eigenvalue weighted by Crippen LogP contribution is -2.04. The summed E-state index contributed by atoms with van der Waals surface area (Å²) < 4.78 is 22.7. The zero-order valence-corrected chi connectivity index (χ0v) is 20.8. The highest BCUT2D eigenvalue weighted by atomic mass is 16.5. The summed E-state index contributed by atoms with van der Waals surface area (Å²) in [5, 5.41) is 0. The average Bonchev–Trinajstić information content (AvgIpc) is 3.46. The average molecular weight is 485 g/mol. The number of ether oxygens (including phenoxy) is 2. The van der Waals surface area contributed by atoms with Gasteiger partial charge in [-0.1, -0.05) is 60.7 Å². The first-order valence-corrected chi connectivity index (χ1v) is 11.9. The lowest BCUT2D eigenvalue weighted by molar-refractivity contribution is 0.0514. The largest absolute Gasteiger partial charge is 0.462 e. The Hall–Kier alpha value is -4.32. The van der Waals surface area contributed by atoms with Crippen molar-refractivity contribution in [2.24, 2.45) is 0 Å². The quantitative estimate of drug-likeness (QED) is 0.201. The van der Waals surface area contributed by atoms with Crippen molar-refractivity contribution in [3.8, 4) is 0 Å². The summed E-state index contributed by atoms with van der Waals surface area (Å²) in [5.41, 5.74) is 3.85. The number of carbonyl (C=O) groups is 2. The normalized spacial score (nSPS) is 11.7. The highest BCUT2D eigenvalue weighted by Gasteiger charge is 2.26. The Morgan fingerprint density at radius 1 is 0.639 bits per heavy atom. The van der Waals surface area contributed by atoms with Gasteiger partial charge in [-0.25, -0.2) is 9.59 Å². The second-order valence-corrected chi connectivity index (χ2v) is 8.08. The van der Waals surface area contributed by atoms with Crippen LogP contribution in [0.5, 0.6) is 0 Å². The zero-order chi connectivity index (χ0) is 25.7. The SMILES string of the molecule is CCOC(=O)c1cc(C(=C(c2ccccc2)c2cc(C(=O)OCC)c(C)o2)c2ccccc2)oc1C. The van der Waals surface area contributed by atoms with Crippen LogP contribution in [-0.2, 0) is 9.47 Å². The first-order valence-electron chi connectivity index (χ1n) is 11.9. The minimum atomic E-state index is -0.447. The fraction of sp³-hybridized carbons (Fsp3) is 0.200. The van der Waals surface area contributed by atoms with E-state index in [1.54, 1.807) is 39.8 Å². The third-order valence-electron chi connectivity index (χ3n) is 5.69. The molecule has 2 heterocycles. The second kappa shape index (κ2) is 11.0. The van der Waals surface area contributed by atoms with E-state index in [2.05, 4.69) is 0 Å². The van der Waals surface area contributed by atoms with E-state index in [1.165, 1.54) is 0 Å². The summed E-state index contributed by atoms with van der Waals surface area (Å²) in [6.07, 6.45) is 0. The van der Waals surface area contributed by atoms with Gasteiger partial charge in [-0.3, -0.25) is 0 Å². The Morgan fingerprint density at radius 3 is 1.33 bits per heavy atom. The predicted octanol–water partition coefficient (Wildman–Crippen LogP) is 6.85. The van der Waals surface area contributed by atoms with Crippen LogP contribution in [0, 0.1) is 13.8 Å². The zero-order valence-electron chi connectivity index (χ0n) is 20.8. The smallest absolute Gasteiger partial charge is 0.341 e. The number of aryl methyl sites for hydroxylation is 2. The molecule has 0 saturated carbocycles. The van der Waals surface area contributed by atoms with Crippen molar-refractivity contribution < 1.29 is 27.9 Å². The van der Waals surface area contributed by atoms with Gasteiger partial charge in [-0.2, -0.15) is 0 Å². The highest BCUT2D eigenvalue weighted by Crippen LogP contribution is 2.39. The van der Waals surface area contributed by atoms with Crippen LogP contribution in [0.15, 0.2) is 81.6 Å². The molecular formula is C30H28O6. The molecule has 0 aliphatic carbocycles. The van der Waals surface area contributed by atoms with Gasteiger partial charge in [0.1, 0.15) is 34.2 Å². The molecule has 6 nitrogen and oxygen atoms in total. The van der Waals surface area contributed by atoms with E-state index >= 15 is 0 Å². The summed E-state index contributed by atoms with van der Waals surface area (Å²) >= 11 is 0. The van der Waals surface area contributed by atoms with Crippen molar-refractivity contribution >= 4 is 23.1 Å². The van der Waals surface area contributed by atoms with Crippen molar-refractivity contribution in [3.05, 3.63) is 118 Å². The fourth-order valence-electron chi connectivity index (χ4n) is 4.06. The van der Waals surface area contributed by atoms with Gasteiger partial charge in [0.05, 0.1) is 13.2 Å². The lowest BCUT2D eigenvalue weighted by Gasteiger charge is -2.13. The van der Waals surface area contributed by atoms with Gasteiger partial charge in [0.15, 0.2) is 0 Å². The maximum absolute atomic E-state index is 12.6. The van der Waals surface area contributed by atoms with Gasteiger partial charge in [0.2, 0.25) is 0 Å². The number of carbonyl (C=O) groups excluding carboxylic acids is 2. The van der Waals surface area contributed by atoms with E-state index in [0.717, 1.165) is 11.1 Å². The Labute approximate surface area is 210 Å². The Kier molecular flexibility index (Phi) is 7.54. The molecule has 6 heteroatoms. The van der Waals surface area contributed by atoms with E-state index in [9.17, 15) is 9.59 Å². The molecule has 0 aliphatic rings. The van der Waals surface area contributed by atoms with Gasteiger partial charge in [-0.05, 0) is 51.0 Å². The van der Waals surface area contributed by atoms with E-state index in [-0.39, 0.29) is 13.2 Å². The molecule has 0 saturated heterocycles. The van der Waals surface area contributed by atoms with Gasteiger partial charge < -0.3 is 18.3 Å². The van der Waals surface area contributed by atoms with Gasteiger partial charge >= 0.3 is 11.9 Å². The molecule has 0 aliphatic heterocycles. The predicted molar refractivity (Wildman–Crippen MR) is 137 cm³/mol. The van der Waals surface area contributed by atoms with E-state index in [1.807, 2.05) is 60.7 Å². The van der Waals surface area contributed by atoms with Crippen molar-refractivity contribution in [3.63, 3.8) is 0 Å². The van der Waals surface area contributed by atoms with Crippen molar-refractivity contribution in [1.29, 1.82) is 0 Å². The van der Waals surface area contributed by atoms with Crippen molar-refractivity contribution in [1.82, 2.24) is 0 Å². The topological polar surface area (TPSA) is 78.9 Å². The Bertz CT molecular complexity index is 1280. The number of furan rings is 2. The molecule has 36 heavy (non-hydrogen) atoms. The molecule has 184 valence electrons. The summed E-state index contributed by atoms with van der Waals surface area (Å²) in [7, 11) is 0. The number of esters is 2. The number of hydrogen-bond acceptors (Lipinski definition) is 6. The molecule has 2 aromatic heterocycles. The molecular weight excluding hydrogens is 456 g/mol. The van der Waals surface area contributed by atoms with E-state index < -0.39 is 11.9 Å². The minimum Gasteiger partial charge on any atom is -0.462 e. The van der Waals surface area contributed by atoms with Gasteiger partial charge in [0, 0.05) is 11.1 Å². The van der Waals surface area contributed by atoms with Crippen LogP contribution in [0.3, 0.4) is 0 Å². The number of hydrogen-bond donors (Lipinski definition) is 0. The molecule has 2 aromatic carbocycles. The molecule has 0 radical (unpaired) electrons. The van der Waals surface area contributed by atoms with Crippen LogP contribution in [-0.4, -0.2) is 25.2 Å². The monoisotopic (exact) mass is 484 g/mol. The Balaban J connectivity index is 2.04. The van der Waals surface area contributed by atoms with Crippen LogP contribution in [0.2, 0.25) is 0 Å². The summed E-state index contributed by atoms with van der Waals surface area (Å²) in [5.74, 6) is 0.966. The van der Waals surface area contributed by atoms with Crippen LogP contribution >= 0.6 is 0 Å². The second-order valence-electron chi connectivity index (χ2n) is 8.08. The Morgan fingerprint density at radius 2 is 1.00 bits per heavy atom. The van der Waals surface area contributed by atoms with Crippen LogP contribution < -0.4 is 0 Å². The molecule has 0 amide bonds. The third-order valence-corrected chi connectivity index (χ3v) is 5.69. The first-order chi connectivity index (χ1) is 17.4. The van der Waals surface area contributed by atoms with E-state index in [4.69, 9.17) is 18.3 Å². The molecule has 0 atom stereocenters. The summed E-state index contributed by atoms with van der Waals surface area (Å²) in [6.45, 7) is 7.51. The highest BCUT2D eigenvalue weighted by molar-refractivity contribution is 6.04. The maximum Gasteiger partial charge on any atom is 0.341 e. The summed E-state index contributed by atoms with van der Waals surface area (Å²) in [6, 6.07) is 22.8. The molecule has 0 unspecified atom stereocenters. The molecule has 4 aromatic rings. The van der Waals surface area contributed by atoms with E-state index in [0.29, 0.717) is 45.3 Å². The van der Waals surface area contributed by atoms with Gasteiger partial charge in [0.25, 0.3) is 0 Å². The van der Waals surface area contributed by atoms with Crippen molar-refractivity contribution in [2.45, 2.75) is 27.7 Å². The fourth-order valence-corrected chi connectivity index (χ4v) is 4.06. The molecule has 0 spiro atoms. The molecule has 0 fully saturated rings. The number of rotatable bonds is 8. The van der Waals surface area contributed by atoms with Crippen molar-refractivity contribution in [2.75, 3.05) is 13.2 Å². The molecule has 4 rings (SSSR count). The van der Waals surface area contributed by atoms with Crippen LogP contribution in [0.4, 0.5) is 0 Å². The minimum absolute atomic E-state index is 0.262.